The van der Waals surface area contributed by atoms with E-state index in [0.29, 0.717) is 29.6 Å². The van der Waals surface area contributed by atoms with Crippen LogP contribution in [0.25, 0.3) is 0 Å². The van der Waals surface area contributed by atoms with Gasteiger partial charge >= 0.3 is 0 Å². The molecule has 25 heavy (non-hydrogen) atoms. The summed E-state index contributed by atoms with van der Waals surface area (Å²) < 4.78 is 7.53. The largest absolute Gasteiger partial charge is 0.478 e. The van der Waals surface area contributed by atoms with Crippen LogP contribution in [0.2, 0.25) is 5.02 Å². The maximum atomic E-state index is 12.7. The van der Waals surface area contributed by atoms with Crippen molar-refractivity contribution in [3.63, 3.8) is 0 Å². The predicted octanol–water partition coefficient (Wildman–Crippen LogP) is 2.23. The van der Waals surface area contributed by atoms with Gasteiger partial charge in [0.25, 0.3) is 5.91 Å². The zero-order valence-electron chi connectivity index (χ0n) is 14.4. The van der Waals surface area contributed by atoms with Gasteiger partial charge in [-0.05, 0) is 45.0 Å². The van der Waals surface area contributed by atoms with Crippen LogP contribution in [0.4, 0.5) is 0 Å². The molecule has 0 aliphatic carbocycles. The third-order valence-electron chi connectivity index (χ3n) is 4.18. The Kier molecular flexibility index (Phi) is 4.71. The molecular weight excluding hydrogens is 344 g/mol. The van der Waals surface area contributed by atoms with E-state index >= 15 is 0 Å². The van der Waals surface area contributed by atoms with Crippen molar-refractivity contribution in [1.82, 2.24) is 19.9 Å². The zero-order chi connectivity index (χ0) is 18.2. The van der Waals surface area contributed by atoms with Gasteiger partial charge in [-0.25, -0.2) is 4.68 Å². The van der Waals surface area contributed by atoms with Gasteiger partial charge in [-0.2, -0.15) is 0 Å². The highest BCUT2D eigenvalue weighted by Gasteiger charge is 2.41. The molecule has 0 unspecified atom stereocenters. The van der Waals surface area contributed by atoms with Crippen LogP contribution in [0.3, 0.4) is 0 Å². The van der Waals surface area contributed by atoms with E-state index in [9.17, 15) is 9.90 Å². The molecule has 2 aromatic rings. The number of halogens is 1. The number of carbonyl (C=O) groups excluding carboxylic acids is 1. The van der Waals surface area contributed by atoms with Crippen LogP contribution < -0.4 is 4.74 Å². The summed E-state index contributed by atoms with van der Waals surface area (Å²) in [7, 11) is 0. The normalized spacial score (nSPS) is 16.4. The number of aliphatic hydroxyl groups excluding tert-OH is 1. The van der Waals surface area contributed by atoms with Crippen molar-refractivity contribution in [3.05, 3.63) is 41.2 Å². The highest BCUT2D eigenvalue weighted by molar-refractivity contribution is 6.30. The lowest BCUT2D eigenvalue weighted by Gasteiger charge is -2.42. The van der Waals surface area contributed by atoms with Crippen molar-refractivity contribution in [2.24, 2.45) is 0 Å². The number of hydrogen-bond donors (Lipinski definition) is 1. The van der Waals surface area contributed by atoms with Gasteiger partial charge in [0.05, 0.1) is 18.3 Å². The molecule has 1 atom stereocenters. The predicted molar refractivity (Wildman–Crippen MR) is 92.4 cm³/mol. The van der Waals surface area contributed by atoms with E-state index in [1.54, 1.807) is 60.8 Å². The van der Waals surface area contributed by atoms with Crippen molar-refractivity contribution < 1.29 is 14.6 Å². The number of aliphatic hydroxyl groups is 1. The standard InChI is InChI=1S/C17H21ClN4O3/c1-11(23)15-10-22(20-19-15)13-8-21(9-13)16(24)17(2,3)25-14-6-4-12(18)5-7-14/h4-7,10-11,13,23H,8-9H2,1-3H3/t11-/m0/s1. The Hall–Kier alpha value is -2.12. The molecular formula is C17H21ClN4O3. The highest BCUT2D eigenvalue weighted by Crippen LogP contribution is 2.27. The number of rotatable bonds is 5. The molecule has 134 valence electrons. The lowest BCUT2D eigenvalue weighted by Crippen LogP contribution is -2.58. The van der Waals surface area contributed by atoms with E-state index in [-0.39, 0.29) is 11.9 Å². The third-order valence-corrected chi connectivity index (χ3v) is 4.43. The summed E-state index contributed by atoms with van der Waals surface area (Å²) in [6.45, 7) is 6.21. The van der Waals surface area contributed by atoms with Gasteiger partial charge in [-0.15, -0.1) is 5.10 Å². The van der Waals surface area contributed by atoms with E-state index in [4.69, 9.17) is 16.3 Å². The first-order chi connectivity index (χ1) is 11.8. The molecule has 1 aliphatic rings. The number of likely N-dealkylation sites (tertiary alicyclic amines) is 1. The van der Waals surface area contributed by atoms with Gasteiger partial charge in [0.1, 0.15) is 11.4 Å². The van der Waals surface area contributed by atoms with Crippen molar-refractivity contribution in [3.8, 4) is 5.75 Å². The minimum Gasteiger partial charge on any atom is -0.478 e. The second-order valence-electron chi connectivity index (χ2n) is 6.73. The van der Waals surface area contributed by atoms with E-state index < -0.39 is 11.7 Å². The summed E-state index contributed by atoms with van der Waals surface area (Å²) in [6, 6.07) is 6.99. The summed E-state index contributed by atoms with van der Waals surface area (Å²) in [5.41, 5.74) is -0.456. The van der Waals surface area contributed by atoms with Crippen LogP contribution >= 0.6 is 11.6 Å². The molecule has 8 heteroatoms. The number of nitrogens with zero attached hydrogens (tertiary/aromatic N) is 4. The summed E-state index contributed by atoms with van der Waals surface area (Å²) in [6.07, 6.45) is 1.06. The molecule has 1 fully saturated rings. The monoisotopic (exact) mass is 364 g/mol. The van der Waals surface area contributed by atoms with Gasteiger partial charge in [0, 0.05) is 18.1 Å². The molecule has 1 N–H and O–H groups in total. The van der Waals surface area contributed by atoms with Crippen molar-refractivity contribution in [1.29, 1.82) is 0 Å². The SMILES string of the molecule is C[C@H](O)c1cn(C2CN(C(=O)C(C)(C)Oc3ccc(Cl)cc3)C2)nn1. The van der Waals surface area contributed by atoms with Crippen LogP contribution in [-0.2, 0) is 4.79 Å². The van der Waals surface area contributed by atoms with Crippen molar-refractivity contribution in [2.75, 3.05) is 13.1 Å². The fraction of sp³-hybridized carbons (Fsp3) is 0.471. The molecule has 1 aromatic heterocycles. The summed E-state index contributed by atoms with van der Waals surface area (Å²) in [4.78, 5) is 14.4. The molecule has 3 rings (SSSR count). The minimum absolute atomic E-state index is 0.0651. The third kappa shape index (κ3) is 3.77. The Morgan fingerprint density at radius 3 is 2.56 bits per heavy atom. The smallest absolute Gasteiger partial charge is 0.266 e. The number of ether oxygens (including phenoxy) is 1. The quantitative estimate of drug-likeness (QED) is 0.879. The topological polar surface area (TPSA) is 80.5 Å². The van der Waals surface area contributed by atoms with E-state index in [1.807, 2.05) is 0 Å². The van der Waals surface area contributed by atoms with E-state index in [2.05, 4.69) is 10.3 Å². The first-order valence-corrected chi connectivity index (χ1v) is 8.48. The van der Waals surface area contributed by atoms with Gasteiger partial charge in [-0.3, -0.25) is 4.79 Å². The number of hydrogen-bond acceptors (Lipinski definition) is 5. The van der Waals surface area contributed by atoms with Crippen LogP contribution in [0.1, 0.15) is 38.6 Å². The molecule has 0 bridgehead atoms. The van der Waals surface area contributed by atoms with E-state index in [1.165, 1.54) is 0 Å². The molecule has 0 radical (unpaired) electrons. The van der Waals surface area contributed by atoms with Gasteiger partial charge in [0.2, 0.25) is 0 Å². The van der Waals surface area contributed by atoms with Gasteiger partial charge < -0.3 is 14.7 Å². The van der Waals surface area contributed by atoms with Crippen molar-refractivity contribution in [2.45, 2.75) is 38.5 Å². The maximum absolute atomic E-state index is 12.7. The van der Waals surface area contributed by atoms with Crippen LogP contribution in [0.5, 0.6) is 5.75 Å². The highest BCUT2D eigenvalue weighted by atomic mass is 35.5. The Balaban J connectivity index is 1.59. The number of amides is 1. The Labute approximate surface area is 151 Å². The number of benzene rings is 1. The Morgan fingerprint density at radius 1 is 1.36 bits per heavy atom. The van der Waals surface area contributed by atoms with Crippen LogP contribution in [0.15, 0.2) is 30.5 Å². The van der Waals surface area contributed by atoms with E-state index in [0.717, 1.165) is 0 Å². The van der Waals surface area contributed by atoms with Crippen LogP contribution in [-0.4, -0.2) is 49.6 Å². The molecule has 1 saturated heterocycles. The molecule has 1 aromatic carbocycles. The first-order valence-electron chi connectivity index (χ1n) is 8.10. The van der Waals surface area contributed by atoms with Gasteiger partial charge in [-0.1, -0.05) is 16.8 Å². The number of carbonyl (C=O) groups is 1. The second kappa shape index (κ2) is 6.65. The molecule has 1 amide bonds. The fourth-order valence-electron chi connectivity index (χ4n) is 2.67. The van der Waals surface area contributed by atoms with Crippen LogP contribution in [0, 0.1) is 0 Å². The molecule has 7 nitrogen and oxygen atoms in total. The second-order valence-corrected chi connectivity index (χ2v) is 7.17. The molecule has 0 saturated carbocycles. The lowest BCUT2D eigenvalue weighted by atomic mass is 10.0. The van der Waals surface area contributed by atoms with Gasteiger partial charge in [0.15, 0.2) is 5.60 Å². The Bertz CT molecular complexity index is 752. The fourth-order valence-corrected chi connectivity index (χ4v) is 2.80. The van der Waals surface area contributed by atoms with Crippen molar-refractivity contribution >= 4 is 17.5 Å². The first kappa shape index (κ1) is 17.7. The summed E-state index contributed by atoms with van der Waals surface area (Å²) >= 11 is 5.86. The number of aromatic nitrogens is 3. The average Bonchev–Trinajstić information content (AvgIpc) is 2.97. The Morgan fingerprint density at radius 2 is 2.00 bits per heavy atom. The molecule has 0 spiro atoms. The summed E-state index contributed by atoms with van der Waals surface area (Å²) in [5.74, 6) is 0.507. The average molecular weight is 365 g/mol. The zero-order valence-corrected chi connectivity index (χ0v) is 15.1. The summed E-state index contributed by atoms with van der Waals surface area (Å²) in [5, 5.41) is 18.1. The lowest BCUT2D eigenvalue weighted by molar-refractivity contribution is -0.151. The molecule has 2 heterocycles. The molecule has 1 aliphatic heterocycles. The maximum Gasteiger partial charge on any atom is 0.266 e. The minimum atomic E-state index is -0.980.